The topological polar surface area (TPSA) is 29.5 Å². The molecule has 1 aromatic rings. The standard InChI is InChI=1S/C12H16O2/c13-11-6-7-12(8-11)14-9-10-4-2-1-3-5-10/h1-5,11-13H,6-9H2/t11?,12-/m1/s1. The zero-order valence-corrected chi connectivity index (χ0v) is 8.23. The molecule has 14 heavy (non-hydrogen) atoms. The van der Waals surface area contributed by atoms with E-state index in [9.17, 15) is 5.11 Å². The quantitative estimate of drug-likeness (QED) is 0.794. The van der Waals surface area contributed by atoms with Crippen molar-refractivity contribution in [1.29, 1.82) is 0 Å². The Morgan fingerprint density at radius 2 is 2.00 bits per heavy atom. The molecule has 76 valence electrons. The van der Waals surface area contributed by atoms with Gasteiger partial charge in [-0.2, -0.15) is 0 Å². The van der Waals surface area contributed by atoms with E-state index in [1.807, 2.05) is 18.2 Å². The van der Waals surface area contributed by atoms with Gasteiger partial charge in [0, 0.05) is 0 Å². The zero-order valence-electron chi connectivity index (χ0n) is 8.23. The van der Waals surface area contributed by atoms with Gasteiger partial charge < -0.3 is 9.84 Å². The third kappa shape index (κ3) is 2.56. The van der Waals surface area contributed by atoms with E-state index in [-0.39, 0.29) is 12.2 Å². The number of rotatable bonds is 3. The summed E-state index contributed by atoms with van der Waals surface area (Å²) in [4.78, 5) is 0. The van der Waals surface area contributed by atoms with Crippen molar-refractivity contribution in [2.75, 3.05) is 0 Å². The van der Waals surface area contributed by atoms with Gasteiger partial charge in [-0.15, -0.1) is 0 Å². The maximum absolute atomic E-state index is 9.32. The summed E-state index contributed by atoms with van der Waals surface area (Å²) in [7, 11) is 0. The summed E-state index contributed by atoms with van der Waals surface area (Å²) < 4.78 is 5.70. The summed E-state index contributed by atoms with van der Waals surface area (Å²) in [6.45, 7) is 0.665. The molecule has 0 bridgehead atoms. The Balaban J connectivity index is 1.78. The molecule has 1 saturated carbocycles. The molecule has 0 aliphatic heterocycles. The number of hydrogen-bond acceptors (Lipinski definition) is 2. The number of aliphatic hydroxyl groups excluding tert-OH is 1. The van der Waals surface area contributed by atoms with Gasteiger partial charge in [0.1, 0.15) is 0 Å². The Hall–Kier alpha value is -0.860. The molecule has 0 heterocycles. The lowest BCUT2D eigenvalue weighted by atomic mass is 10.2. The number of benzene rings is 1. The maximum atomic E-state index is 9.32. The van der Waals surface area contributed by atoms with Crippen LogP contribution in [0.1, 0.15) is 24.8 Å². The maximum Gasteiger partial charge on any atom is 0.0720 e. The third-order valence-corrected chi connectivity index (χ3v) is 2.69. The number of aliphatic hydroxyl groups is 1. The highest BCUT2D eigenvalue weighted by molar-refractivity contribution is 5.13. The minimum atomic E-state index is -0.143. The van der Waals surface area contributed by atoms with Crippen molar-refractivity contribution in [3.05, 3.63) is 35.9 Å². The van der Waals surface area contributed by atoms with E-state index >= 15 is 0 Å². The van der Waals surface area contributed by atoms with E-state index < -0.39 is 0 Å². The molecular weight excluding hydrogens is 176 g/mol. The van der Waals surface area contributed by atoms with Gasteiger partial charge in [0.05, 0.1) is 18.8 Å². The van der Waals surface area contributed by atoms with Crippen molar-refractivity contribution in [2.45, 2.75) is 38.1 Å². The molecule has 1 fully saturated rings. The monoisotopic (exact) mass is 192 g/mol. The van der Waals surface area contributed by atoms with Crippen molar-refractivity contribution in [2.24, 2.45) is 0 Å². The highest BCUT2D eigenvalue weighted by atomic mass is 16.5. The van der Waals surface area contributed by atoms with E-state index in [4.69, 9.17) is 4.74 Å². The van der Waals surface area contributed by atoms with Crippen LogP contribution in [-0.2, 0) is 11.3 Å². The molecule has 1 N–H and O–H groups in total. The summed E-state index contributed by atoms with van der Waals surface area (Å²) in [6, 6.07) is 10.2. The largest absolute Gasteiger partial charge is 0.393 e. The second-order valence-corrected chi connectivity index (χ2v) is 3.89. The molecule has 1 aromatic carbocycles. The van der Waals surface area contributed by atoms with Gasteiger partial charge in [-0.1, -0.05) is 30.3 Å². The van der Waals surface area contributed by atoms with Crippen LogP contribution in [0, 0.1) is 0 Å². The van der Waals surface area contributed by atoms with Crippen molar-refractivity contribution in [1.82, 2.24) is 0 Å². The van der Waals surface area contributed by atoms with Crippen molar-refractivity contribution >= 4 is 0 Å². The van der Waals surface area contributed by atoms with Crippen LogP contribution in [-0.4, -0.2) is 17.3 Å². The minimum Gasteiger partial charge on any atom is -0.393 e. The third-order valence-electron chi connectivity index (χ3n) is 2.69. The summed E-state index contributed by atoms with van der Waals surface area (Å²) in [5.74, 6) is 0. The smallest absolute Gasteiger partial charge is 0.0720 e. The fourth-order valence-electron chi connectivity index (χ4n) is 1.86. The number of ether oxygens (including phenoxy) is 1. The lowest BCUT2D eigenvalue weighted by Crippen LogP contribution is -2.09. The van der Waals surface area contributed by atoms with E-state index in [2.05, 4.69) is 12.1 Å². The van der Waals surface area contributed by atoms with Gasteiger partial charge in [-0.3, -0.25) is 0 Å². The lowest BCUT2D eigenvalue weighted by Gasteiger charge is -2.10. The fourth-order valence-corrected chi connectivity index (χ4v) is 1.86. The highest BCUT2D eigenvalue weighted by Crippen LogP contribution is 2.22. The molecule has 0 aromatic heterocycles. The zero-order chi connectivity index (χ0) is 9.80. The minimum absolute atomic E-state index is 0.143. The SMILES string of the molecule is OC1CC[C@@H](OCc2ccccc2)C1. The Morgan fingerprint density at radius 1 is 1.21 bits per heavy atom. The molecule has 0 radical (unpaired) electrons. The van der Waals surface area contributed by atoms with Gasteiger partial charge in [0.25, 0.3) is 0 Å². The van der Waals surface area contributed by atoms with Crippen molar-refractivity contribution < 1.29 is 9.84 Å². The Bertz CT molecular complexity index is 271. The van der Waals surface area contributed by atoms with Crippen LogP contribution in [0.25, 0.3) is 0 Å². The molecule has 2 atom stereocenters. The molecule has 0 amide bonds. The van der Waals surface area contributed by atoms with Crippen LogP contribution < -0.4 is 0 Å². The molecule has 1 unspecified atom stereocenters. The van der Waals surface area contributed by atoms with Gasteiger partial charge in [0.15, 0.2) is 0 Å². The second kappa shape index (κ2) is 4.58. The molecule has 0 saturated heterocycles. The molecule has 2 heteroatoms. The van der Waals surface area contributed by atoms with Gasteiger partial charge >= 0.3 is 0 Å². The van der Waals surface area contributed by atoms with E-state index in [0.717, 1.165) is 19.3 Å². The summed E-state index contributed by atoms with van der Waals surface area (Å²) in [5.41, 5.74) is 1.20. The van der Waals surface area contributed by atoms with Crippen molar-refractivity contribution in [3.63, 3.8) is 0 Å². The van der Waals surface area contributed by atoms with E-state index in [1.165, 1.54) is 5.56 Å². The second-order valence-electron chi connectivity index (χ2n) is 3.89. The number of hydrogen-bond donors (Lipinski definition) is 1. The first-order valence-electron chi connectivity index (χ1n) is 5.18. The molecule has 2 rings (SSSR count). The van der Waals surface area contributed by atoms with Gasteiger partial charge in [-0.25, -0.2) is 0 Å². The van der Waals surface area contributed by atoms with Gasteiger partial charge in [0.2, 0.25) is 0 Å². The Labute approximate surface area is 84.5 Å². The molecule has 0 spiro atoms. The van der Waals surface area contributed by atoms with Crippen LogP contribution >= 0.6 is 0 Å². The van der Waals surface area contributed by atoms with Crippen LogP contribution in [0.4, 0.5) is 0 Å². The van der Waals surface area contributed by atoms with Crippen molar-refractivity contribution in [3.8, 4) is 0 Å². The normalized spacial score (nSPS) is 26.6. The summed E-state index contributed by atoms with van der Waals surface area (Å²) in [6.07, 6.45) is 2.79. The van der Waals surface area contributed by atoms with Crippen LogP contribution in [0.5, 0.6) is 0 Å². The fraction of sp³-hybridized carbons (Fsp3) is 0.500. The van der Waals surface area contributed by atoms with Crippen LogP contribution in [0.3, 0.4) is 0 Å². The first kappa shape index (κ1) is 9.69. The molecule has 1 aliphatic carbocycles. The predicted octanol–water partition coefficient (Wildman–Crippen LogP) is 2.12. The predicted molar refractivity (Wildman–Crippen MR) is 54.9 cm³/mol. The summed E-state index contributed by atoms with van der Waals surface area (Å²) >= 11 is 0. The average Bonchev–Trinajstić information content (AvgIpc) is 2.63. The Morgan fingerprint density at radius 3 is 2.64 bits per heavy atom. The molecule has 2 nitrogen and oxygen atoms in total. The molecular formula is C12H16O2. The first-order chi connectivity index (χ1) is 6.84. The average molecular weight is 192 g/mol. The summed E-state index contributed by atoms with van der Waals surface area (Å²) in [5, 5.41) is 9.32. The lowest BCUT2D eigenvalue weighted by molar-refractivity contribution is 0.0357. The molecule has 1 aliphatic rings. The van der Waals surface area contributed by atoms with Crippen LogP contribution in [0.15, 0.2) is 30.3 Å². The highest BCUT2D eigenvalue weighted by Gasteiger charge is 2.22. The van der Waals surface area contributed by atoms with Crippen LogP contribution in [0.2, 0.25) is 0 Å². The van der Waals surface area contributed by atoms with E-state index in [0.29, 0.717) is 6.61 Å². The first-order valence-corrected chi connectivity index (χ1v) is 5.18. The van der Waals surface area contributed by atoms with E-state index in [1.54, 1.807) is 0 Å². The van der Waals surface area contributed by atoms with Gasteiger partial charge in [-0.05, 0) is 24.8 Å². The Kier molecular flexibility index (Phi) is 3.17.